The van der Waals surface area contributed by atoms with Crippen LogP contribution in [0.4, 0.5) is 4.39 Å². The van der Waals surface area contributed by atoms with E-state index >= 15 is 0 Å². The molecule has 2 aliphatic heterocycles. The van der Waals surface area contributed by atoms with Gasteiger partial charge in [-0.2, -0.15) is 0 Å². The molecular formula is C26H35Cl2FN2O4S. The smallest absolute Gasteiger partial charge is 0.317 e. The van der Waals surface area contributed by atoms with Gasteiger partial charge in [0.15, 0.2) is 10.9 Å². The molecule has 0 radical (unpaired) electrons. The van der Waals surface area contributed by atoms with Crippen LogP contribution in [-0.4, -0.2) is 69.7 Å². The molecular weight excluding hydrogens is 526 g/mol. The van der Waals surface area contributed by atoms with Crippen LogP contribution >= 0.6 is 36.6 Å². The largest absolute Gasteiger partial charge is 0.480 e. The Kier molecular flexibility index (Phi) is 11.9. The maximum absolute atomic E-state index is 14.8. The summed E-state index contributed by atoms with van der Waals surface area (Å²) < 4.78 is 14.8. The van der Waals surface area contributed by atoms with Crippen LogP contribution in [0.25, 0.3) is 0 Å². The minimum Gasteiger partial charge on any atom is -0.480 e. The quantitative estimate of drug-likeness (QED) is 0.459. The summed E-state index contributed by atoms with van der Waals surface area (Å²) in [6.45, 7) is 4.28. The lowest BCUT2D eigenvalue weighted by molar-refractivity contribution is -0.138. The molecule has 2 atom stereocenters. The van der Waals surface area contributed by atoms with Crippen molar-refractivity contribution in [3.8, 4) is 0 Å². The van der Waals surface area contributed by atoms with E-state index in [4.69, 9.17) is 5.11 Å². The molecule has 2 saturated heterocycles. The van der Waals surface area contributed by atoms with Gasteiger partial charge in [0.05, 0.1) is 12.6 Å². The monoisotopic (exact) mass is 560 g/mol. The van der Waals surface area contributed by atoms with Gasteiger partial charge in [0, 0.05) is 36.7 Å². The number of carbonyl (C=O) groups is 3. The summed E-state index contributed by atoms with van der Waals surface area (Å²) in [5.41, 5.74) is 1.58. The zero-order valence-electron chi connectivity index (χ0n) is 20.4. The highest BCUT2D eigenvalue weighted by atomic mass is 35.5. The van der Waals surface area contributed by atoms with Crippen molar-refractivity contribution in [2.75, 3.05) is 32.7 Å². The summed E-state index contributed by atoms with van der Waals surface area (Å²) in [4.78, 5) is 40.3. The summed E-state index contributed by atoms with van der Waals surface area (Å²) in [5, 5.41) is 9.17. The Morgan fingerprint density at radius 1 is 1.08 bits per heavy atom. The zero-order valence-corrected chi connectivity index (χ0v) is 22.9. The fraction of sp³-hybridized carbons (Fsp3) is 0.577. The Morgan fingerprint density at radius 2 is 1.75 bits per heavy atom. The fourth-order valence-electron chi connectivity index (χ4n) is 5.19. The molecule has 4 rings (SSSR count). The molecule has 1 aromatic rings. The van der Waals surface area contributed by atoms with Crippen molar-refractivity contribution in [1.29, 1.82) is 0 Å². The van der Waals surface area contributed by atoms with E-state index in [1.165, 1.54) is 17.8 Å². The Bertz CT molecular complexity index is 967. The molecule has 1 aliphatic carbocycles. The highest BCUT2D eigenvalue weighted by Gasteiger charge is 2.41. The molecule has 3 fully saturated rings. The highest BCUT2D eigenvalue weighted by molar-refractivity contribution is 8.14. The van der Waals surface area contributed by atoms with Crippen molar-refractivity contribution in [2.45, 2.75) is 50.3 Å². The number of allylic oxidation sites excluding steroid dienone is 1. The number of benzene rings is 1. The lowest BCUT2D eigenvalue weighted by atomic mass is 9.89. The summed E-state index contributed by atoms with van der Waals surface area (Å²) >= 11 is 1.34. The average molecular weight is 562 g/mol. The SMILES string of the molecule is CC(=O)SC1CCN(C(C(=O)C2CC2)c2ccccc2F)C/C1=C\C1CCN(CC(=O)O)CC1.Cl.Cl. The number of likely N-dealkylation sites (tertiary alicyclic amines) is 2. The summed E-state index contributed by atoms with van der Waals surface area (Å²) in [6.07, 6.45) is 6.47. The highest BCUT2D eigenvalue weighted by Crippen LogP contribution is 2.40. The van der Waals surface area contributed by atoms with Crippen LogP contribution in [0.3, 0.4) is 0 Å². The van der Waals surface area contributed by atoms with Crippen LogP contribution in [0.5, 0.6) is 0 Å². The molecule has 6 nitrogen and oxygen atoms in total. The van der Waals surface area contributed by atoms with E-state index in [1.54, 1.807) is 25.1 Å². The standard InChI is InChI=1S/C26H33FN2O4S.2ClH/c1-17(30)34-23-10-13-29(15-20(23)14-18-8-11-28(12-9-18)16-24(31)32)25(26(33)19-6-7-19)21-4-2-3-5-22(21)27;;/h2-5,14,18-19,23,25H,6-13,15-16H2,1H3,(H,31,32);2*1H/b20-14+;;. The molecule has 2 heterocycles. The van der Waals surface area contributed by atoms with Gasteiger partial charge in [0.1, 0.15) is 5.82 Å². The van der Waals surface area contributed by atoms with E-state index in [0.717, 1.165) is 50.8 Å². The molecule has 36 heavy (non-hydrogen) atoms. The zero-order chi connectivity index (χ0) is 24.2. The number of halogens is 3. The number of nitrogens with zero attached hydrogens (tertiary/aromatic N) is 2. The minimum atomic E-state index is -0.808. The van der Waals surface area contributed by atoms with Crippen LogP contribution in [0.1, 0.15) is 50.6 Å². The van der Waals surface area contributed by atoms with Crippen LogP contribution in [0.15, 0.2) is 35.9 Å². The third-order valence-corrected chi connectivity index (χ3v) is 8.20. The van der Waals surface area contributed by atoms with Crippen molar-refractivity contribution in [2.24, 2.45) is 11.8 Å². The maximum atomic E-state index is 14.8. The molecule has 0 spiro atoms. The minimum absolute atomic E-state index is 0. The maximum Gasteiger partial charge on any atom is 0.317 e. The van der Waals surface area contributed by atoms with Gasteiger partial charge in [-0.3, -0.25) is 24.2 Å². The van der Waals surface area contributed by atoms with Gasteiger partial charge in [-0.1, -0.05) is 36.0 Å². The number of ketones is 1. The van der Waals surface area contributed by atoms with Gasteiger partial charge in [0.25, 0.3) is 0 Å². The number of thioether (sulfide) groups is 1. The van der Waals surface area contributed by atoms with E-state index in [1.807, 2.05) is 4.90 Å². The summed E-state index contributed by atoms with van der Waals surface area (Å²) in [6, 6.07) is 5.97. The van der Waals surface area contributed by atoms with Gasteiger partial charge in [0.2, 0.25) is 0 Å². The number of piperidine rings is 2. The van der Waals surface area contributed by atoms with Crippen LogP contribution in [-0.2, 0) is 14.4 Å². The lowest BCUT2D eigenvalue weighted by Crippen LogP contribution is -2.43. The number of hydrogen-bond donors (Lipinski definition) is 1. The molecule has 1 N–H and O–H groups in total. The lowest BCUT2D eigenvalue weighted by Gasteiger charge is -2.39. The van der Waals surface area contributed by atoms with Gasteiger partial charge >= 0.3 is 5.97 Å². The molecule has 0 bridgehead atoms. The Hall–Kier alpha value is -1.45. The number of rotatable bonds is 8. The van der Waals surface area contributed by atoms with Crippen molar-refractivity contribution in [3.63, 3.8) is 0 Å². The number of aliphatic carboxylic acids is 1. The molecule has 1 aromatic carbocycles. The number of Topliss-reactive ketones (excluding diaryl/α,β-unsaturated/α-hetero) is 1. The number of carbonyl (C=O) groups excluding carboxylic acids is 2. The third kappa shape index (κ3) is 8.02. The van der Waals surface area contributed by atoms with Crippen LogP contribution in [0, 0.1) is 17.7 Å². The molecule has 1 saturated carbocycles. The van der Waals surface area contributed by atoms with E-state index in [-0.39, 0.29) is 59.2 Å². The number of carboxylic acid groups (broad SMARTS) is 1. The Morgan fingerprint density at radius 3 is 2.33 bits per heavy atom. The molecule has 3 aliphatic rings. The fourth-order valence-corrected chi connectivity index (χ4v) is 6.12. The normalized spacial score (nSPS) is 23.4. The predicted octanol–water partition coefficient (Wildman–Crippen LogP) is 4.77. The predicted molar refractivity (Wildman–Crippen MR) is 145 cm³/mol. The van der Waals surface area contributed by atoms with Crippen molar-refractivity contribution < 1.29 is 23.9 Å². The molecule has 200 valence electrons. The summed E-state index contributed by atoms with van der Waals surface area (Å²) in [7, 11) is 0. The first-order valence-electron chi connectivity index (χ1n) is 12.2. The topological polar surface area (TPSA) is 77.9 Å². The third-order valence-electron chi connectivity index (χ3n) is 7.04. The molecule has 0 amide bonds. The number of hydrogen-bond acceptors (Lipinski definition) is 6. The van der Waals surface area contributed by atoms with Gasteiger partial charge < -0.3 is 5.11 Å². The Labute approximate surface area is 228 Å². The van der Waals surface area contributed by atoms with E-state index in [0.29, 0.717) is 24.6 Å². The average Bonchev–Trinajstić information content (AvgIpc) is 3.63. The first-order valence-corrected chi connectivity index (χ1v) is 13.0. The van der Waals surface area contributed by atoms with Crippen molar-refractivity contribution >= 4 is 53.4 Å². The van der Waals surface area contributed by atoms with Crippen LogP contribution < -0.4 is 0 Å². The first kappa shape index (κ1) is 30.8. The van der Waals surface area contributed by atoms with Gasteiger partial charge in [-0.15, -0.1) is 24.8 Å². The molecule has 2 unspecified atom stereocenters. The second-order valence-corrected chi connectivity index (χ2v) is 11.1. The van der Waals surface area contributed by atoms with Gasteiger partial charge in [-0.25, -0.2) is 4.39 Å². The van der Waals surface area contributed by atoms with Crippen LogP contribution in [0.2, 0.25) is 0 Å². The molecule has 0 aromatic heterocycles. The van der Waals surface area contributed by atoms with E-state index in [9.17, 15) is 18.8 Å². The number of carboxylic acids is 1. The first-order chi connectivity index (χ1) is 16.3. The Balaban J connectivity index is 0.00000228. The van der Waals surface area contributed by atoms with E-state index in [2.05, 4.69) is 11.0 Å². The van der Waals surface area contributed by atoms with E-state index < -0.39 is 12.0 Å². The van der Waals surface area contributed by atoms with Crippen molar-refractivity contribution in [3.05, 3.63) is 47.3 Å². The van der Waals surface area contributed by atoms with Crippen molar-refractivity contribution in [1.82, 2.24) is 9.80 Å². The summed E-state index contributed by atoms with van der Waals surface area (Å²) in [5.74, 6) is -0.736. The molecule has 10 heteroatoms. The van der Waals surface area contributed by atoms with Gasteiger partial charge in [-0.05, 0) is 62.8 Å². The second-order valence-electron chi connectivity index (χ2n) is 9.71. The second kappa shape index (κ2) is 13.9.